The number of carboxylic acid groups (broad SMARTS) is 1. The molecule has 2 rings (SSSR count). The molecule has 0 spiro atoms. The van der Waals surface area contributed by atoms with Crippen molar-refractivity contribution in [2.75, 3.05) is 0 Å². The number of nitrogens with one attached hydrogen (secondary N) is 1. The predicted octanol–water partition coefficient (Wildman–Crippen LogP) is 2.74. The molecule has 1 aromatic heterocycles. The molecule has 0 fully saturated rings. The van der Waals surface area contributed by atoms with Gasteiger partial charge in [-0.15, -0.1) is 0 Å². The first-order chi connectivity index (χ1) is 12.7. The van der Waals surface area contributed by atoms with Crippen LogP contribution in [0.4, 0.5) is 0 Å². The number of amides is 1. The lowest BCUT2D eigenvalue weighted by molar-refractivity contribution is -0.143. The van der Waals surface area contributed by atoms with Gasteiger partial charge in [0.15, 0.2) is 6.10 Å². The van der Waals surface area contributed by atoms with Gasteiger partial charge in [-0.25, -0.2) is 9.59 Å². The van der Waals surface area contributed by atoms with E-state index in [1.54, 1.807) is 18.2 Å². The van der Waals surface area contributed by atoms with Crippen LogP contribution in [0.3, 0.4) is 0 Å². The number of carboxylic acids is 1. The number of rotatable bonds is 8. The Morgan fingerprint density at radius 2 is 1.93 bits per heavy atom. The van der Waals surface area contributed by atoms with E-state index in [9.17, 15) is 19.5 Å². The first-order valence-electron chi connectivity index (χ1n) is 8.97. The molecule has 0 bridgehead atoms. The highest BCUT2D eigenvalue weighted by molar-refractivity contribution is 5.86. The molecule has 0 aliphatic carbocycles. The minimum Gasteiger partial charge on any atom is -0.481 e. The van der Waals surface area contributed by atoms with Crippen LogP contribution in [-0.2, 0) is 16.0 Å². The van der Waals surface area contributed by atoms with Crippen molar-refractivity contribution in [2.45, 2.75) is 52.7 Å². The second-order valence-electron chi connectivity index (χ2n) is 6.89. The molecule has 1 unspecified atom stereocenters. The molecule has 1 aromatic carbocycles. The third-order valence-corrected chi connectivity index (χ3v) is 4.19. The molecule has 146 valence electrons. The highest BCUT2D eigenvalue weighted by Gasteiger charge is 2.24. The van der Waals surface area contributed by atoms with Crippen LogP contribution in [0.25, 0.3) is 11.0 Å². The summed E-state index contributed by atoms with van der Waals surface area (Å²) in [7, 11) is 0. The summed E-state index contributed by atoms with van der Waals surface area (Å²) in [4.78, 5) is 35.2. The molecular formula is C20H25NO6. The van der Waals surface area contributed by atoms with Crippen molar-refractivity contribution < 1.29 is 23.8 Å². The van der Waals surface area contributed by atoms with E-state index in [0.29, 0.717) is 24.2 Å². The van der Waals surface area contributed by atoms with Crippen LogP contribution < -0.4 is 15.7 Å². The topological polar surface area (TPSA) is 106 Å². The number of aryl methyl sites for hydroxylation is 1. The van der Waals surface area contributed by atoms with Gasteiger partial charge in [0.25, 0.3) is 5.91 Å². The molecule has 7 heteroatoms. The monoisotopic (exact) mass is 375 g/mol. The van der Waals surface area contributed by atoms with Crippen molar-refractivity contribution >= 4 is 22.8 Å². The Morgan fingerprint density at radius 1 is 1.22 bits per heavy atom. The molecule has 0 radical (unpaired) electrons. The van der Waals surface area contributed by atoms with Gasteiger partial charge < -0.3 is 19.6 Å². The molecule has 2 atom stereocenters. The van der Waals surface area contributed by atoms with Crippen LogP contribution in [0.1, 0.15) is 39.7 Å². The molecule has 0 aliphatic rings. The fourth-order valence-electron chi connectivity index (χ4n) is 2.82. The van der Waals surface area contributed by atoms with E-state index in [2.05, 4.69) is 5.32 Å². The van der Waals surface area contributed by atoms with Crippen LogP contribution in [0.5, 0.6) is 5.75 Å². The van der Waals surface area contributed by atoms with Crippen LogP contribution in [0.2, 0.25) is 0 Å². The van der Waals surface area contributed by atoms with Gasteiger partial charge in [0.1, 0.15) is 17.4 Å². The van der Waals surface area contributed by atoms with Gasteiger partial charge in [-0.2, -0.15) is 0 Å². The lowest BCUT2D eigenvalue weighted by Crippen LogP contribution is -2.46. The second kappa shape index (κ2) is 8.70. The van der Waals surface area contributed by atoms with E-state index in [1.807, 2.05) is 20.8 Å². The molecule has 0 aliphatic heterocycles. The Kier molecular flexibility index (Phi) is 6.60. The molecule has 0 saturated carbocycles. The summed E-state index contributed by atoms with van der Waals surface area (Å²) in [5.74, 6) is -1.12. The van der Waals surface area contributed by atoms with E-state index in [-0.39, 0.29) is 5.92 Å². The summed E-state index contributed by atoms with van der Waals surface area (Å²) >= 11 is 0. The lowest BCUT2D eigenvalue weighted by Gasteiger charge is -2.20. The zero-order valence-corrected chi connectivity index (χ0v) is 15.9. The van der Waals surface area contributed by atoms with Gasteiger partial charge in [-0.3, -0.25) is 4.79 Å². The SMILES string of the molecule is CCc1cc(=O)oc2cc(OC(C)C(=O)N[C@H](CC(C)C)C(=O)O)ccc12. The van der Waals surface area contributed by atoms with E-state index < -0.39 is 29.6 Å². The van der Waals surface area contributed by atoms with E-state index >= 15 is 0 Å². The van der Waals surface area contributed by atoms with Gasteiger partial charge in [0.05, 0.1) is 0 Å². The summed E-state index contributed by atoms with van der Waals surface area (Å²) < 4.78 is 10.8. The second-order valence-corrected chi connectivity index (χ2v) is 6.89. The highest BCUT2D eigenvalue weighted by atomic mass is 16.5. The Bertz CT molecular complexity index is 886. The van der Waals surface area contributed by atoms with Crippen molar-refractivity contribution in [1.29, 1.82) is 0 Å². The number of ether oxygens (including phenoxy) is 1. The van der Waals surface area contributed by atoms with Gasteiger partial charge in [-0.05, 0) is 43.4 Å². The Hall–Kier alpha value is -2.83. The average Bonchev–Trinajstić information content (AvgIpc) is 2.59. The van der Waals surface area contributed by atoms with Crippen molar-refractivity contribution in [3.8, 4) is 5.75 Å². The molecule has 1 amide bonds. The summed E-state index contributed by atoms with van der Waals surface area (Å²) in [6.45, 7) is 7.25. The number of fused-ring (bicyclic) bond motifs is 1. The first-order valence-corrected chi connectivity index (χ1v) is 8.97. The zero-order chi connectivity index (χ0) is 20.1. The maximum atomic E-state index is 12.3. The Morgan fingerprint density at radius 3 is 2.52 bits per heavy atom. The van der Waals surface area contributed by atoms with E-state index in [1.165, 1.54) is 13.0 Å². The summed E-state index contributed by atoms with van der Waals surface area (Å²) in [5, 5.41) is 12.5. The molecular weight excluding hydrogens is 350 g/mol. The van der Waals surface area contributed by atoms with Gasteiger partial charge >= 0.3 is 11.6 Å². The Balaban J connectivity index is 2.14. The quantitative estimate of drug-likeness (QED) is 0.687. The molecule has 0 saturated heterocycles. The largest absolute Gasteiger partial charge is 0.481 e. The van der Waals surface area contributed by atoms with E-state index in [4.69, 9.17) is 9.15 Å². The number of hydrogen-bond donors (Lipinski definition) is 2. The number of carbonyl (C=O) groups is 2. The molecule has 1 heterocycles. The molecule has 27 heavy (non-hydrogen) atoms. The summed E-state index contributed by atoms with van der Waals surface area (Å²) in [5.41, 5.74) is 0.810. The normalized spacial score (nSPS) is 13.4. The lowest BCUT2D eigenvalue weighted by atomic mass is 10.0. The molecule has 7 nitrogen and oxygen atoms in total. The minimum atomic E-state index is -1.08. The van der Waals surface area contributed by atoms with Gasteiger partial charge in [0.2, 0.25) is 0 Å². The molecule has 2 N–H and O–H groups in total. The number of carbonyl (C=O) groups excluding carboxylic acids is 1. The fraction of sp³-hybridized carbons (Fsp3) is 0.450. The maximum Gasteiger partial charge on any atom is 0.336 e. The van der Waals surface area contributed by atoms with Crippen molar-refractivity contribution in [3.05, 3.63) is 40.2 Å². The van der Waals surface area contributed by atoms with Crippen molar-refractivity contribution in [3.63, 3.8) is 0 Å². The molecule has 2 aromatic rings. The number of hydrogen-bond acceptors (Lipinski definition) is 5. The van der Waals surface area contributed by atoms with Gasteiger partial charge in [-0.1, -0.05) is 20.8 Å². The zero-order valence-electron chi connectivity index (χ0n) is 15.9. The standard InChI is InChI=1S/C20H25NO6/c1-5-13-9-18(22)27-17-10-14(6-7-15(13)17)26-12(4)19(23)21-16(20(24)25)8-11(2)3/h6-7,9-12,16H,5,8H2,1-4H3,(H,21,23)(H,24,25)/t12?,16-/m1/s1. The fourth-order valence-corrected chi connectivity index (χ4v) is 2.82. The number of benzene rings is 1. The van der Waals surface area contributed by atoms with Gasteiger partial charge in [0, 0.05) is 17.5 Å². The summed E-state index contributed by atoms with van der Waals surface area (Å²) in [6, 6.07) is 5.51. The minimum absolute atomic E-state index is 0.124. The van der Waals surface area contributed by atoms with Crippen molar-refractivity contribution in [1.82, 2.24) is 5.32 Å². The summed E-state index contributed by atoms with van der Waals surface area (Å²) in [6.07, 6.45) is 0.111. The van der Waals surface area contributed by atoms with Crippen LogP contribution in [-0.4, -0.2) is 29.1 Å². The highest BCUT2D eigenvalue weighted by Crippen LogP contribution is 2.23. The predicted molar refractivity (Wildman–Crippen MR) is 101 cm³/mol. The number of aliphatic carboxylic acids is 1. The van der Waals surface area contributed by atoms with E-state index in [0.717, 1.165) is 10.9 Å². The smallest absolute Gasteiger partial charge is 0.336 e. The maximum absolute atomic E-state index is 12.3. The third kappa shape index (κ3) is 5.32. The Labute approximate surface area is 157 Å². The third-order valence-electron chi connectivity index (χ3n) is 4.19. The van der Waals surface area contributed by atoms with Crippen LogP contribution in [0.15, 0.2) is 33.5 Å². The van der Waals surface area contributed by atoms with Crippen LogP contribution >= 0.6 is 0 Å². The van der Waals surface area contributed by atoms with Crippen LogP contribution in [0, 0.1) is 5.92 Å². The first kappa shape index (κ1) is 20.5. The van der Waals surface area contributed by atoms with Crippen molar-refractivity contribution in [2.24, 2.45) is 5.92 Å². The average molecular weight is 375 g/mol.